The maximum atomic E-state index is 13.0. The summed E-state index contributed by atoms with van der Waals surface area (Å²) < 4.78 is 14.1. The molecular formula is C20H15FN2OS3. The number of halogens is 1. The molecule has 3 nitrogen and oxygen atoms in total. The predicted octanol–water partition coefficient (Wildman–Crippen LogP) is 6.20. The molecule has 1 N–H and O–H groups in total. The summed E-state index contributed by atoms with van der Waals surface area (Å²) in [5, 5.41) is 6.77. The van der Waals surface area contributed by atoms with Crippen LogP contribution in [0.2, 0.25) is 0 Å². The molecule has 2 aromatic heterocycles. The van der Waals surface area contributed by atoms with Crippen LogP contribution in [0.15, 0.2) is 58.8 Å². The van der Waals surface area contributed by atoms with E-state index in [1.807, 2.05) is 30.5 Å². The topological polar surface area (TPSA) is 42.0 Å². The maximum Gasteiger partial charge on any atom is 0.235 e. The molecule has 0 aliphatic heterocycles. The highest BCUT2D eigenvalue weighted by Gasteiger charge is 2.17. The van der Waals surface area contributed by atoms with Crippen LogP contribution < -0.4 is 5.32 Å². The molecule has 0 aliphatic rings. The number of aryl methyl sites for hydroxylation is 1. The van der Waals surface area contributed by atoms with E-state index in [0.717, 1.165) is 36.2 Å². The summed E-state index contributed by atoms with van der Waals surface area (Å²) in [5.41, 5.74) is 3.05. The van der Waals surface area contributed by atoms with Gasteiger partial charge in [-0.15, -0.1) is 34.4 Å². The van der Waals surface area contributed by atoms with Crippen molar-refractivity contribution < 1.29 is 9.18 Å². The Hall–Kier alpha value is -2.22. The molecular weight excluding hydrogens is 399 g/mol. The normalized spacial score (nSPS) is 11.0. The highest BCUT2D eigenvalue weighted by Crippen LogP contribution is 2.40. The van der Waals surface area contributed by atoms with E-state index in [4.69, 9.17) is 4.98 Å². The van der Waals surface area contributed by atoms with Crippen molar-refractivity contribution in [1.82, 2.24) is 4.98 Å². The minimum Gasteiger partial charge on any atom is -0.316 e. The maximum absolute atomic E-state index is 13.0. The van der Waals surface area contributed by atoms with E-state index >= 15 is 0 Å². The lowest BCUT2D eigenvalue weighted by atomic mass is 10.2. The molecule has 2 heterocycles. The largest absolute Gasteiger partial charge is 0.316 e. The first-order valence-corrected chi connectivity index (χ1v) is 10.9. The van der Waals surface area contributed by atoms with Crippen LogP contribution in [0.4, 0.5) is 9.39 Å². The molecule has 0 saturated carbocycles. The third-order valence-electron chi connectivity index (χ3n) is 3.92. The van der Waals surface area contributed by atoms with Gasteiger partial charge in [-0.2, -0.15) is 0 Å². The zero-order valence-corrected chi connectivity index (χ0v) is 16.8. The van der Waals surface area contributed by atoms with Crippen molar-refractivity contribution in [3.8, 4) is 10.6 Å². The van der Waals surface area contributed by atoms with Gasteiger partial charge in [-0.05, 0) is 54.3 Å². The lowest BCUT2D eigenvalue weighted by Crippen LogP contribution is -2.13. The number of hydrogen-bond acceptors (Lipinski definition) is 5. The number of aromatic nitrogens is 1. The summed E-state index contributed by atoms with van der Waals surface area (Å²) in [5.74, 6) is -0.103. The summed E-state index contributed by atoms with van der Waals surface area (Å²) >= 11 is 4.52. The van der Waals surface area contributed by atoms with Crippen molar-refractivity contribution in [1.29, 1.82) is 0 Å². The van der Waals surface area contributed by atoms with Crippen molar-refractivity contribution in [2.24, 2.45) is 0 Å². The highest BCUT2D eigenvalue weighted by atomic mass is 32.2. The van der Waals surface area contributed by atoms with Crippen LogP contribution in [0.3, 0.4) is 0 Å². The monoisotopic (exact) mass is 414 g/mol. The smallest absolute Gasteiger partial charge is 0.235 e. The van der Waals surface area contributed by atoms with Gasteiger partial charge in [-0.1, -0.05) is 12.1 Å². The highest BCUT2D eigenvalue weighted by molar-refractivity contribution is 8.00. The number of thioether (sulfide) groups is 1. The van der Waals surface area contributed by atoms with Crippen LogP contribution in [-0.2, 0) is 4.79 Å². The summed E-state index contributed by atoms with van der Waals surface area (Å²) in [4.78, 5) is 18.0. The summed E-state index contributed by atoms with van der Waals surface area (Å²) in [7, 11) is 0. The Kier molecular flexibility index (Phi) is 5.24. The molecule has 4 aromatic rings. The van der Waals surface area contributed by atoms with Crippen molar-refractivity contribution in [3.63, 3.8) is 0 Å². The predicted molar refractivity (Wildman–Crippen MR) is 113 cm³/mol. The number of rotatable bonds is 5. The van der Waals surface area contributed by atoms with Crippen LogP contribution in [0.5, 0.6) is 0 Å². The van der Waals surface area contributed by atoms with E-state index in [0.29, 0.717) is 0 Å². The third-order valence-corrected chi connectivity index (χ3v) is 7.00. The lowest BCUT2D eigenvalue weighted by Gasteiger charge is -2.06. The fourth-order valence-corrected chi connectivity index (χ4v) is 5.43. The second-order valence-corrected chi connectivity index (χ2v) is 8.86. The molecule has 0 fully saturated rings. The fraction of sp³-hybridized carbons (Fsp3) is 0.100. The Labute approximate surface area is 168 Å². The standard InChI is InChI=1S/C20H15FN2OS3/c1-12-10-26-19(18(12)20-22-15-4-2-3-5-16(15)27-20)23-17(24)11-25-14-8-6-13(21)7-9-14/h2-10H,11H2,1H3,(H,23,24). The van der Waals surface area contributed by atoms with Crippen molar-refractivity contribution >= 4 is 55.6 Å². The number of nitrogens with one attached hydrogen (secondary N) is 1. The fourth-order valence-electron chi connectivity index (χ4n) is 2.62. The number of hydrogen-bond donors (Lipinski definition) is 1. The number of fused-ring (bicyclic) bond motifs is 1. The molecule has 2 aromatic carbocycles. The summed E-state index contributed by atoms with van der Waals surface area (Å²) in [6.45, 7) is 2.03. The molecule has 0 spiro atoms. The molecule has 0 bridgehead atoms. The minimum atomic E-state index is -0.279. The summed E-state index contributed by atoms with van der Waals surface area (Å²) in [6, 6.07) is 14.2. The van der Waals surface area contributed by atoms with Gasteiger partial charge in [0.25, 0.3) is 0 Å². The molecule has 1 amide bonds. The van der Waals surface area contributed by atoms with Gasteiger partial charge in [0, 0.05) is 10.5 Å². The number of benzene rings is 2. The van der Waals surface area contributed by atoms with Gasteiger partial charge in [0.05, 0.1) is 16.0 Å². The Morgan fingerprint density at radius 2 is 1.96 bits per heavy atom. The van der Waals surface area contributed by atoms with E-state index in [1.54, 1.807) is 23.5 Å². The molecule has 136 valence electrons. The molecule has 4 rings (SSSR count). The van der Waals surface area contributed by atoms with E-state index in [-0.39, 0.29) is 17.5 Å². The van der Waals surface area contributed by atoms with Crippen LogP contribution in [0.1, 0.15) is 5.56 Å². The molecule has 0 saturated heterocycles. The lowest BCUT2D eigenvalue weighted by molar-refractivity contribution is -0.113. The zero-order valence-electron chi connectivity index (χ0n) is 14.4. The van der Waals surface area contributed by atoms with Crippen LogP contribution in [0, 0.1) is 12.7 Å². The number of thiazole rings is 1. The van der Waals surface area contributed by atoms with Gasteiger partial charge < -0.3 is 5.32 Å². The average Bonchev–Trinajstić information content (AvgIpc) is 3.24. The van der Waals surface area contributed by atoms with Gasteiger partial charge in [0.15, 0.2) is 0 Å². The van der Waals surface area contributed by atoms with Gasteiger partial charge >= 0.3 is 0 Å². The second-order valence-electron chi connectivity index (χ2n) is 5.90. The van der Waals surface area contributed by atoms with Crippen molar-refractivity contribution in [2.75, 3.05) is 11.1 Å². The Morgan fingerprint density at radius 1 is 1.19 bits per heavy atom. The van der Waals surface area contributed by atoms with E-state index in [9.17, 15) is 9.18 Å². The number of carbonyl (C=O) groups is 1. The van der Waals surface area contributed by atoms with Crippen molar-refractivity contribution in [3.05, 3.63) is 65.3 Å². The molecule has 27 heavy (non-hydrogen) atoms. The van der Waals surface area contributed by atoms with Crippen molar-refractivity contribution in [2.45, 2.75) is 11.8 Å². The first-order valence-electron chi connectivity index (χ1n) is 8.22. The minimum absolute atomic E-state index is 0.0893. The van der Waals surface area contributed by atoms with Gasteiger partial charge in [0.2, 0.25) is 5.91 Å². The number of nitrogens with zero attached hydrogens (tertiary/aromatic N) is 1. The molecule has 0 aliphatic carbocycles. The van der Waals surface area contributed by atoms with Gasteiger partial charge in [-0.3, -0.25) is 4.79 Å². The van der Waals surface area contributed by atoms with E-state index in [1.165, 1.54) is 35.2 Å². The molecule has 0 radical (unpaired) electrons. The Balaban J connectivity index is 1.51. The number of carbonyl (C=O) groups excluding carboxylic acids is 1. The first kappa shape index (κ1) is 18.2. The zero-order chi connectivity index (χ0) is 18.8. The van der Waals surface area contributed by atoms with Crippen LogP contribution in [-0.4, -0.2) is 16.6 Å². The second kappa shape index (κ2) is 7.80. The average molecular weight is 415 g/mol. The van der Waals surface area contributed by atoms with Gasteiger partial charge in [0.1, 0.15) is 15.8 Å². The van der Waals surface area contributed by atoms with Crippen LogP contribution >= 0.6 is 34.4 Å². The number of amides is 1. The van der Waals surface area contributed by atoms with E-state index < -0.39 is 0 Å². The molecule has 7 heteroatoms. The van der Waals surface area contributed by atoms with Gasteiger partial charge in [-0.25, -0.2) is 9.37 Å². The number of para-hydroxylation sites is 1. The molecule has 0 unspecified atom stereocenters. The Morgan fingerprint density at radius 3 is 2.74 bits per heavy atom. The van der Waals surface area contributed by atoms with Crippen LogP contribution in [0.25, 0.3) is 20.8 Å². The molecule has 0 atom stereocenters. The van der Waals surface area contributed by atoms with E-state index in [2.05, 4.69) is 11.4 Å². The Bertz CT molecular complexity index is 1070. The summed E-state index contributed by atoms with van der Waals surface area (Å²) in [6.07, 6.45) is 0. The number of anilines is 1. The first-order chi connectivity index (χ1) is 13.1. The number of thiophene rings is 1. The third kappa shape index (κ3) is 4.05. The quantitative estimate of drug-likeness (QED) is 0.395. The SMILES string of the molecule is Cc1csc(NC(=O)CSc2ccc(F)cc2)c1-c1nc2ccccc2s1.